The third kappa shape index (κ3) is 11.2. The fraction of sp³-hybridized carbons (Fsp3) is 0.739. The molecule has 5 heteroatoms. The van der Waals surface area contributed by atoms with Crippen LogP contribution in [0, 0.1) is 5.92 Å². The first-order chi connectivity index (χ1) is 13.5. The molecular formula is C23H41O4P. The molecule has 0 heterocycles. The quantitative estimate of drug-likeness (QED) is 0.210. The lowest BCUT2D eigenvalue weighted by molar-refractivity contribution is 0.165. The summed E-state index contributed by atoms with van der Waals surface area (Å²) in [5.74, 6) is 0.771. The molecule has 0 aliphatic carbocycles. The van der Waals surface area contributed by atoms with E-state index in [1.165, 1.54) is 38.5 Å². The van der Waals surface area contributed by atoms with Crippen molar-refractivity contribution < 1.29 is 18.5 Å². The summed E-state index contributed by atoms with van der Waals surface area (Å²) in [5, 5.41) is 0. The van der Waals surface area contributed by atoms with Gasteiger partial charge in [0.1, 0.15) is 5.75 Å². The minimum atomic E-state index is -4.10. The second-order valence-electron chi connectivity index (χ2n) is 7.75. The Morgan fingerprint density at radius 3 is 2.25 bits per heavy atom. The topological polar surface area (TPSA) is 55.8 Å². The number of phosphoric acid groups is 1. The maximum Gasteiger partial charge on any atom is 0.527 e. The predicted molar refractivity (Wildman–Crippen MR) is 118 cm³/mol. The molecule has 2 unspecified atom stereocenters. The molecule has 0 fully saturated rings. The maximum atomic E-state index is 12.4. The van der Waals surface area contributed by atoms with Crippen LogP contribution in [0.25, 0.3) is 0 Å². The van der Waals surface area contributed by atoms with Crippen molar-refractivity contribution in [2.75, 3.05) is 6.61 Å². The fourth-order valence-electron chi connectivity index (χ4n) is 3.32. The van der Waals surface area contributed by atoms with E-state index in [4.69, 9.17) is 9.05 Å². The first-order valence-electron chi connectivity index (χ1n) is 11.3. The molecule has 4 nitrogen and oxygen atoms in total. The van der Waals surface area contributed by atoms with Crippen LogP contribution in [-0.4, -0.2) is 11.5 Å². The predicted octanol–water partition coefficient (Wildman–Crippen LogP) is 7.69. The summed E-state index contributed by atoms with van der Waals surface area (Å²) >= 11 is 0. The second kappa shape index (κ2) is 15.1. The molecule has 1 aromatic carbocycles. The number of para-hydroxylation sites is 1. The van der Waals surface area contributed by atoms with Crippen LogP contribution in [0.4, 0.5) is 0 Å². The van der Waals surface area contributed by atoms with Crippen molar-refractivity contribution >= 4 is 7.82 Å². The van der Waals surface area contributed by atoms with Gasteiger partial charge in [0.25, 0.3) is 0 Å². The van der Waals surface area contributed by atoms with Gasteiger partial charge in [-0.25, -0.2) is 4.57 Å². The first-order valence-corrected chi connectivity index (χ1v) is 12.8. The molecule has 0 radical (unpaired) electrons. The molecule has 0 aromatic heterocycles. The van der Waals surface area contributed by atoms with Crippen LogP contribution in [0.15, 0.2) is 24.3 Å². The van der Waals surface area contributed by atoms with Gasteiger partial charge >= 0.3 is 7.82 Å². The Balaban J connectivity index is 2.48. The summed E-state index contributed by atoms with van der Waals surface area (Å²) in [5.41, 5.74) is 0.979. The highest BCUT2D eigenvalue weighted by Gasteiger charge is 2.25. The molecule has 0 saturated heterocycles. The second-order valence-corrected chi connectivity index (χ2v) is 9.13. The Kier molecular flexibility index (Phi) is 13.6. The highest BCUT2D eigenvalue weighted by molar-refractivity contribution is 7.47. The number of unbranched alkanes of at least 4 members (excludes halogenated alkanes) is 7. The van der Waals surface area contributed by atoms with E-state index >= 15 is 0 Å². The summed E-state index contributed by atoms with van der Waals surface area (Å²) in [7, 11) is -4.10. The van der Waals surface area contributed by atoms with Gasteiger partial charge in [-0.15, -0.1) is 0 Å². The minimum Gasteiger partial charge on any atom is -0.404 e. The first kappa shape index (κ1) is 25.2. The average molecular weight is 413 g/mol. The SMILES string of the molecule is CCCCCCCCCc1ccccc1OP(=O)(O)OCC(CC)CCCC. The summed E-state index contributed by atoms with van der Waals surface area (Å²) < 4.78 is 23.2. The van der Waals surface area contributed by atoms with Gasteiger partial charge in [0.15, 0.2) is 0 Å². The molecule has 1 N–H and O–H groups in total. The molecule has 162 valence electrons. The van der Waals surface area contributed by atoms with Crippen molar-refractivity contribution in [3.8, 4) is 5.75 Å². The van der Waals surface area contributed by atoms with Crippen LogP contribution in [0.3, 0.4) is 0 Å². The van der Waals surface area contributed by atoms with Gasteiger partial charge in [-0.3, -0.25) is 9.42 Å². The van der Waals surface area contributed by atoms with E-state index in [0.29, 0.717) is 11.7 Å². The summed E-state index contributed by atoms with van der Waals surface area (Å²) in [6, 6.07) is 7.52. The molecule has 28 heavy (non-hydrogen) atoms. The van der Waals surface area contributed by atoms with Crippen molar-refractivity contribution in [3.63, 3.8) is 0 Å². The Labute approximate surface area is 172 Å². The Bertz CT molecular complexity index is 561. The smallest absolute Gasteiger partial charge is 0.404 e. The van der Waals surface area contributed by atoms with Crippen molar-refractivity contribution in [3.05, 3.63) is 29.8 Å². The van der Waals surface area contributed by atoms with Crippen LogP contribution in [-0.2, 0) is 15.5 Å². The molecule has 1 aromatic rings. The normalized spacial score (nSPS) is 14.6. The van der Waals surface area contributed by atoms with E-state index < -0.39 is 7.82 Å². The maximum absolute atomic E-state index is 12.4. The molecule has 2 atom stereocenters. The summed E-state index contributed by atoms with van der Waals surface area (Å²) in [6.07, 6.45) is 13.7. The third-order valence-electron chi connectivity index (χ3n) is 5.25. The van der Waals surface area contributed by atoms with Crippen LogP contribution < -0.4 is 4.52 Å². The summed E-state index contributed by atoms with van der Waals surface area (Å²) in [4.78, 5) is 10.2. The van der Waals surface area contributed by atoms with Crippen molar-refractivity contribution in [2.24, 2.45) is 5.92 Å². The number of phosphoric ester groups is 1. The molecule has 0 aliphatic rings. The van der Waals surface area contributed by atoms with Gasteiger partial charge < -0.3 is 4.52 Å². The van der Waals surface area contributed by atoms with E-state index in [2.05, 4.69) is 20.8 Å². The number of hydrogen-bond acceptors (Lipinski definition) is 3. The van der Waals surface area contributed by atoms with Crippen LogP contribution in [0.1, 0.15) is 97.0 Å². The van der Waals surface area contributed by atoms with Crippen molar-refractivity contribution in [1.82, 2.24) is 0 Å². The standard InChI is InChI=1S/C23H41O4P/c1-4-7-9-10-11-12-13-17-22-18-14-15-19-23(22)27-28(24,25)26-20-21(6-3)16-8-5-2/h14-15,18-19,21H,4-13,16-17,20H2,1-3H3,(H,24,25). The van der Waals surface area contributed by atoms with Gasteiger partial charge in [0.2, 0.25) is 0 Å². The van der Waals surface area contributed by atoms with Gasteiger partial charge in [0.05, 0.1) is 6.61 Å². The number of rotatable bonds is 17. The zero-order valence-electron chi connectivity index (χ0n) is 18.2. The van der Waals surface area contributed by atoms with E-state index in [1.807, 2.05) is 18.2 Å². The lowest BCUT2D eigenvalue weighted by atomic mass is 10.0. The lowest BCUT2D eigenvalue weighted by Crippen LogP contribution is -2.10. The Hall–Kier alpha value is -0.830. The minimum absolute atomic E-state index is 0.268. The molecule has 0 amide bonds. The zero-order chi connectivity index (χ0) is 20.7. The van der Waals surface area contributed by atoms with Gasteiger partial charge in [-0.05, 0) is 36.8 Å². The third-order valence-corrected chi connectivity index (χ3v) is 6.16. The molecule has 0 bridgehead atoms. The summed E-state index contributed by atoms with van der Waals surface area (Å²) in [6.45, 7) is 6.73. The van der Waals surface area contributed by atoms with Crippen molar-refractivity contribution in [1.29, 1.82) is 0 Å². The Morgan fingerprint density at radius 1 is 0.929 bits per heavy atom. The number of aryl methyl sites for hydroxylation is 1. The molecule has 0 aliphatic heterocycles. The molecule has 0 spiro atoms. The molecular weight excluding hydrogens is 371 g/mol. The van der Waals surface area contributed by atoms with E-state index in [-0.39, 0.29) is 6.61 Å². The highest BCUT2D eigenvalue weighted by Crippen LogP contribution is 2.45. The van der Waals surface area contributed by atoms with E-state index in [0.717, 1.165) is 44.1 Å². The number of benzene rings is 1. The Morgan fingerprint density at radius 2 is 1.57 bits per heavy atom. The van der Waals surface area contributed by atoms with Gasteiger partial charge in [0, 0.05) is 0 Å². The van der Waals surface area contributed by atoms with Gasteiger partial charge in [-0.2, -0.15) is 0 Å². The van der Waals surface area contributed by atoms with Crippen LogP contribution in [0.5, 0.6) is 5.75 Å². The van der Waals surface area contributed by atoms with Crippen LogP contribution in [0.2, 0.25) is 0 Å². The average Bonchev–Trinajstić information content (AvgIpc) is 2.68. The molecule has 0 saturated carbocycles. The van der Waals surface area contributed by atoms with E-state index in [1.54, 1.807) is 6.07 Å². The largest absolute Gasteiger partial charge is 0.527 e. The fourth-order valence-corrected chi connectivity index (χ4v) is 4.20. The van der Waals surface area contributed by atoms with Crippen molar-refractivity contribution in [2.45, 2.75) is 97.8 Å². The monoisotopic (exact) mass is 412 g/mol. The lowest BCUT2D eigenvalue weighted by Gasteiger charge is -2.19. The van der Waals surface area contributed by atoms with Crippen LogP contribution >= 0.6 is 7.82 Å². The molecule has 1 rings (SSSR count). The highest BCUT2D eigenvalue weighted by atomic mass is 31.2. The van der Waals surface area contributed by atoms with Gasteiger partial charge in [-0.1, -0.05) is 96.8 Å². The van der Waals surface area contributed by atoms with E-state index in [9.17, 15) is 9.46 Å². The zero-order valence-corrected chi connectivity index (χ0v) is 19.1. The number of hydrogen-bond donors (Lipinski definition) is 1.